The summed E-state index contributed by atoms with van der Waals surface area (Å²) in [6.45, 7) is 3.33. The quantitative estimate of drug-likeness (QED) is 0.640. The van der Waals surface area contributed by atoms with E-state index in [2.05, 4.69) is 18.5 Å². The summed E-state index contributed by atoms with van der Waals surface area (Å²) in [5.74, 6) is 1.45. The van der Waals surface area contributed by atoms with Gasteiger partial charge in [-0.25, -0.2) is 0 Å². The van der Waals surface area contributed by atoms with E-state index in [0.717, 1.165) is 5.75 Å². The van der Waals surface area contributed by atoms with Crippen molar-refractivity contribution in [2.24, 2.45) is 11.7 Å². The van der Waals surface area contributed by atoms with Crippen molar-refractivity contribution in [3.8, 4) is 0 Å². The highest BCUT2D eigenvalue weighted by molar-refractivity contribution is 7.98. The molecule has 15 heavy (non-hydrogen) atoms. The number of hydrogen-bond acceptors (Lipinski definition) is 4. The van der Waals surface area contributed by atoms with Gasteiger partial charge in [0, 0.05) is 20.3 Å². The van der Waals surface area contributed by atoms with Crippen molar-refractivity contribution in [1.82, 2.24) is 5.32 Å². The minimum absolute atomic E-state index is 0.0833. The van der Waals surface area contributed by atoms with Crippen LogP contribution in [-0.4, -0.2) is 44.2 Å². The second-order valence-electron chi connectivity index (χ2n) is 3.69. The number of amides is 1. The zero-order valence-corrected chi connectivity index (χ0v) is 10.6. The summed E-state index contributed by atoms with van der Waals surface area (Å²) in [6.07, 6.45) is 2.63. The molecule has 0 fully saturated rings. The van der Waals surface area contributed by atoms with E-state index >= 15 is 0 Å². The monoisotopic (exact) mass is 234 g/mol. The van der Waals surface area contributed by atoms with Gasteiger partial charge in [-0.05, 0) is 24.3 Å². The number of nitrogens with two attached hydrogens (primary N) is 1. The van der Waals surface area contributed by atoms with Crippen LogP contribution < -0.4 is 11.1 Å². The summed E-state index contributed by atoms with van der Waals surface area (Å²) in [6, 6.07) is -0.452. The smallest absolute Gasteiger partial charge is 0.237 e. The normalized spacial score (nSPS) is 14.7. The van der Waals surface area contributed by atoms with Gasteiger partial charge >= 0.3 is 0 Å². The molecule has 3 N–H and O–H groups in total. The fourth-order valence-corrected chi connectivity index (χ4v) is 1.81. The van der Waals surface area contributed by atoms with Crippen LogP contribution in [0.4, 0.5) is 0 Å². The van der Waals surface area contributed by atoms with Crippen LogP contribution in [0.25, 0.3) is 0 Å². The van der Waals surface area contributed by atoms with Gasteiger partial charge in [0.2, 0.25) is 5.91 Å². The molecule has 0 aromatic rings. The van der Waals surface area contributed by atoms with Gasteiger partial charge < -0.3 is 15.8 Å². The lowest BCUT2D eigenvalue weighted by molar-refractivity contribution is -0.122. The Morgan fingerprint density at radius 3 is 2.80 bits per heavy atom. The third-order valence-corrected chi connectivity index (χ3v) is 2.95. The number of thioether (sulfide) groups is 1. The highest BCUT2D eigenvalue weighted by Crippen LogP contribution is 2.02. The van der Waals surface area contributed by atoms with Gasteiger partial charge in [0.1, 0.15) is 0 Å². The summed E-state index contributed by atoms with van der Waals surface area (Å²) in [5, 5.41) is 2.84. The molecule has 0 aliphatic heterocycles. The van der Waals surface area contributed by atoms with Crippen LogP contribution in [0, 0.1) is 5.92 Å². The van der Waals surface area contributed by atoms with Crippen LogP contribution >= 0.6 is 11.8 Å². The summed E-state index contributed by atoms with van der Waals surface area (Å²) < 4.78 is 4.86. The fourth-order valence-electron chi connectivity index (χ4n) is 1.13. The van der Waals surface area contributed by atoms with Crippen LogP contribution in [0.1, 0.15) is 13.3 Å². The van der Waals surface area contributed by atoms with E-state index < -0.39 is 6.04 Å². The molecule has 0 spiro atoms. The van der Waals surface area contributed by atoms with E-state index in [1.54, 1.807) is 18.9 Å². The molecular weight excluding hydrogens is 212 g/mol. The average Bonchev–Trinajstić information content (AvgIpc) is 2.22. The van der Waals surface area contributed by atoms with Crippen molar-refractivity contribution in [2.45, 2.75) is 19.4 Å². The Hall–Kier alpha value is -0.260. The van der Waals surface area contributed by atoms with Crippen LogP contribution in [0.15, 0.2) is 0 Å². The molecule has 2 atom stereocenters. The summed E-state index contributed by atoms with van der Waals surface area (Å²) in [4.78, 5) is 11.5. The van der Waals surface area contributed by atoms with Crippen molar-refractivity contribution in [3.05, 3.63) is 0 Å². The summed E-state index contributed by atoms with van der Waals surface area (Å²) in [7, 11) is 1.60. The maximum absolute atomic E-state index is 11.5. The van der Waals surface area contributed by atoms with Gasteiger partial charge in [0.15, 0.2) is 0 Å². The van der Waals surface area contributed by atoms with Crippen LogP contribution in [0.2, 0.25) is 0 Å². The number of carbonyl (C=O) groups is 1. The van der Waals surface area contributed by atoms with Gasteiger partial charge in [-0.1, -0.05) is 6.92 Å². The Labute approximate surface area is 96.3 Å². The molecule has 0 rings (SSSR count). The molecule has 0 bridgehead atoms. The van der Waals surface area contributed by atoms with E-state index in [1.165, 1.54) is 0 Å². The molecule has 5 heteroatoms. The predicted octanol–water partition coefficient (Wildman–Crippen LogP) is 0.466. The Bertz CT molecular complexity index is 179. The lowest BCUT2D eigenvalue weighted by Crippen LogP contribution is -2.42. The number of nitrogens with one attached hydrogen (secondary N) is 1. The van der Waals surface area contributed by atoms with Crippen molar-refractivity contribution in [1.29, 1.82) is 0 Å². The van der Waals surface area contributed by atoms with E-state index in [-0.39, 0.29) is 5.91 Å². The van der Waals surface area contributed by atoms with E-state index in [9.17, 15) is 4.79 Å². The van der Waals surface area contributed by atoms with Crippen LogP contribution in [0.3, 0.4) is 0 Å². The minimum atomic E-state index is -0.452. The molecule has 90 valence electrons. The molecular formula is C10H22N2O2S. The molecule has 0 heterocycles. The average molecular weight is 234 g/mol. The van der Waals surface area contributed by atoms with E-state index in [4.69, 9.17) is 10.5 Å². The van der Waals surface area contributed by atoms with Crippen LogP contribution in [0.5, 0.6) is 0 Å². The Morgan fingerprint density at radius 2 is 2.27 bits per heavy atom. The first-order valence-corrected chi connectivity index (χ1v) is 6.52. The fraction of sp³-hybridized carbons (Fsp3) is 0.900. The largest absolute Gasteiger partial charge is 0.385 e. The van der Waals surface area contributed by atoms with Crippen molar-refractivity contribution >= 4 is 17.7 Å². The molecule has 0 radical (unpaired) electrons. The van der Waals surface area contributed by atoms with Crippen molar-refractivity contribution in [3.63, 3.8) is 0 Å². The predicted molar refractivity (Wildman–Crippen MR) is 65.0 cm³/mol. The van der Waals surface area contributed by atoms with Crippen molar-refractivity contribution < 1.29 is 9.53 Å². The van der Waals surface area contributed by atoms with Gasteiger partial charge in [-0.2, -0.15) is 11.8 Å². The summed E-state index contributed by atoms with van der Waals surface area (Å²) in [5.41, 5.74) is 5.67. The second-order valence-corrected chi connectivity index (χ2v) is 4.60. The van der Waals surface area contributed by atoms with E-state index in [0.29, 0.717) is 25.5 Å². The van der Waals surface area contributed by atoms with Gasteiger partial charge in [0.25, 0.3) is 0 Å². The molecule has 2 unspecified atom stereocenters. The lowest BCUT2D eigenvalue weighted by Gasteiger charge is -2.14. The Kier molecular flexibility index (Phi) is 8.85. The first-order chi connectivity index (χ1) is 7.11. The molecule has 0 aromatic carbocycles. The van der Waals surface area contributed by atoms with Gasteiger partial charge in [-0.3, -0.25) is 4.79 Å². The number of carbonyl (C=O) groups excluding carboxylic acids is 1. The molecule has 0 aliphatic rings. The third-order valence-electron chi connectivity index (χ3n) is 2.05. The third kappa shape index (κ3) is 7.64. The zero-order chi connectivity index (χ0) is 11.7. The topological polar surface area (TPSA) is 64.3 Å². The molecule has 0 aromatic heterocycles. The highest BCUT2D eigenvalue weighted by atomic mass is 32.2. The standard InChI is InChI=1S/C10H22N2O2S/c1-8(7-15-3)6-12-10(13)9(11)4-5-14-2/h8-9H,4-7,11H2,1-3H3,(H,12,13). The summed E-state index contributed by atoms with van der Waals surface area (Å²) >= 11 is 1.78. The molecule has 4 nitrogen and oxygen atoms in total. The number of hydrogen-bond donors (Lipinski definition) is 2. The van der Waals surface area contributed by atoms with E-state index in [1.807, 2.05) is 0 Å². The Morgan fingerprint density at radius 1 is 1.60 bits per heavy atom. The first kappa shape index (κ1) is 14.7. The molecule has 0 saturated carbocycles. The molecule has 0 saturated heterocycles. The zero-order valence-electron chi connectivity index (χ0n) is 9.79. The maximum atomic E-state index is 11.5. The number of rotatable bonds is 8. The van der Waals surface area contributed by atoms with Gasteiger partial charge in [-0.15, -0.1) is 0 Å². The number of methoxy groups -OCH3 is 1. The van der Waals surface area contributed by atoms with Crippen LogP contribution in [-0.2, 0) is 9.53 Å². The first-order valence-electron chi connectivity index (χ1n) is 5.13. The van der Waals surface area contributed by atoms with Gasteiger partial charge in [0.05, 0.1) is 6.04 Å². The highest BCUT2D eigenvalue weighted by Gasteiger charge is 2.13. The minimum Gasteiger partial charge on any atom is -0.385 e. The maximum Gasteiger partial charge on any atom is 0.237 e. The second kappa shape index (κ2) is 9.00. The molecule has 0 aliphatic carbocycles. The van der Waals surface area contributed by atoms with Crippen molar-refractivity contribution in [2.75, 3.05) is 32.3 Å². The molecule has 1 amide bonds. The lowest BCUT2D eigenvalue weighted by atomic mass is 10.2. The Balaban J connectivity index is 3.63. The number of ether oxygens (including phenoxy) is 1. The SMILES string of the molecule is COCCC(N)C(=O)NCC(C)CSC.